The van der Waals surface area contributed by atoms with Gasteiger partial charge in [-0.1, -0.05) is 18.2 Å². The third kappa shape index (κ3) is 4.32. The highest BCUT2D eigenvalue weighted by molar-refractivity contribution is 5.96. The quantitative estimate of drug-likeness (QED) is 0.895. The van der Waals surface area contributed by atoms with Crippen LogP contribution in [0.25, 0.3) is 0 Å². The van der Waals surface area contributed by atoms with E-state index in [0.29, 0.717) is 25.9 Å². The average Bonchev–Trinajstić information content (AvgIpc) is 3.01. The van der Waals surface area contributed by atoms with Crippen molar-refractivity contribution in [1.29, 1.82) is 0 Å². The number of urea groups is 1. The van der Waals surface area contributed by atoms with Crippen molar-refractivity contribution in [1.82, 2.24) is 20.2 Å². The molecule has 25 heavy (non-hydrogen) atoms. The maximum atomic E-state index is 12.3. The molecule has 1 atom stereocenters. The maximum absolute atomic E-state index is 12.3. The molecule has 2 heterocycles. The molecule has 1 aromatic heterocycles. The van der Waals surface area contributed by atoms with Crippen LogP contribution in [0.1, 0.15) is 12.1 Å². The minimum atomic E-state index is -0.184. The summed E-state index contributed by atoms with van der Waals surface area (Å²) in [7, 11) is 1.73. The summed E-state index contributed by atoms with van der Waals surface area (Å²) in [6, 6.07) is 9.14. The molecule has 7 nitrogen and oxygen atoms in total. The summed E-state index contributed by atoms with van der Waals surface area (Å²) in [5.41, 5.74) is 1.70. The Kier molecular flexibility index (Phi) is 5.23. The number of likely N-dealkylation sites (N-methyl/N-ethyl adjacent to an activating group) is 1. The first-order valence-electron chi connectivity index (χ1n) is 8.25. The van der Waals surface area contributed by atoms with Gasteiger partial charge in [0.25, 0.3) is 0 Å². The second-order valence-corrected chi connectivity index (χ2v) is 6.06. The summed E-state index contributed by atoms with van der Waals surface area (Å²) in [6.45, 7) is 1.03. The van der Waals surface area contributed by atoms with Gasteiger partial charge in [-0.05, 0) is 12.1 Å². The second-order valence-electron chi connectivity index (χ2n) is 6.06. The van der Waals surface area contributed by atoms with Gasteiger partial charge >= 0.3 is 6.03 Å². The minimum absolute atomic E-state index is 0.0266. The molecule has 0 radical (unpaired) electrons. The fraction of sp³-hybridized carbons (Fsp3) is 0.333. The van der Waals surface area contributed by atoms with Gasteiger partial charge in [-0.25, -0.2) is 4.79 Å². The maximum Gasteiger partial charge on any atom is 0.317 e. The number of anilines is 1. The van der Waals surface area contributed by atoms with Crippen LogP contribution in [0.5, 0.6) is 0 Å². The largest absolute Gasteiger partial charge is 0.333 e. The molecule has 7 heteroatoms. The van der Waals surface area contributed by atoms with E-state index < -0.39 is 0 Å². The van der Waals surface area contributed by atoms with Gasteiger partial charge in [-0.3, -0.25) is 14.8 Å². The number of amides is 3. The molecule has 0 saturated carbocycles. The van der Waals surface area contributed by atoms with Gasteiger partial charge < -0.3 is 15.1 Å². The second kappa shape index (κ2) is 7.74. The Labute approximate surface area is 146 Å². The van der Waals surface area contributed by atoms with E-state index in [9.17, 15) is 9.59 Å². The lowest BCUT2D eigenvalue weighted by Gasteiger charge is -2.21. The third-order valence-corrected chi connectivity index (χ3v) is 4.19. The lowest BCUT2D eigenvalue weighted by Crippen LogP contribution is -2.44. The fourth-order valence-electron chi connectivity index (χ4n) is 2.79. The first-order valence-corrected chi connectivity index (χ1v) is 8.25. The highest BCUT2D eigenvalue weighted by Crippen LogP contribution is 2.21. The predicted octanol–water partition coefficient (Wildman–Crippen LogP) is 1.47. The number of hydrogen-bond donors (Lipinski definition) is 1. The molecule has 130 valence electrons. The third-order valence-electron chi connectivity index (χ3n) is 4.19. The van der Waals surface area contributed by atoms with E-state index in [-0.39, 0.29) is 18.0 Å². The Morgan fingerprint density at radius 2 is 2.12 bits per heavy atom. The number of carbonyl (C=O) groups is 2. The van der Waals surface area contributed by atoms with Crippen LogP contribution < -0.4 is 10.2 Å². The zero-order valence-electron chi connectivity index (χ0n) is 14.1. The Morgan fingerprint density at radius 3 is 2.84 bits per heavy atom. The monoisotopic (exact) mass is 339 g/mol. The van der Waals surface area contributed by atoms with Gasteiger partial charge in [0.1, 0.15) is 0 Å². The van der Waals surface area contributed by atoms with Gasteiger partial charge in [0.15, 0.2) is 0 Å². The molecule has 1 aliphatic rings. The standard InChI is InChI=1S/C18H21N5O2/c1-22(10-7-14-12-19-8-9-20-14)18(25)21-15-11-17(24)23(13-15)16-5-3-2-4-6-16/h2-6,8-9,12,15H,7,10-11,13H2,1H3,(H,21,25). The number of carbonyl (C=O) groups excluding carboxylic acids is 2. The number of hydrogen-bond acceptors (Lipinski definition) is 4. The molecule has 3 amide bonds. The Bertz CT molecular complexity index is 723. The van der Waals surface area contributed by atoms with E-state index in [1.807, 2.05) is 30.3 Å². The molecule has 1 saturated heterocycles. The summed E-state index contributed by atoms with van der Waals surface area (Å²) < 4.78 is 0. The average molecular weight is 339 g/mol. The van der Waals surface area contributed by atoms with E-state index in [4.69, 9.17) is 0 Å². The van der Waals surface area contributed by atoms with Crippen LogP contribution in [0.3, 0.4) is 0 Å². The van der Waals surface area contributed by atoms with Crippen molar-refractivity contribution < 1.29 is 9.59 Å². The van der Waals surface area contributed by atoms with Crippen molar-refractivity contribution in [3.63, 3.8) is 0 Å². The summed E-state index contributed by atoms with van der Waals surface area (Å²) >= 11 is 0. The first-order chi connectivity index (χ1) is 12.1. The lowest BCUT2D eigenvalue weighted by atomic mass is 10.2. The SMILES string of the molecule is CN(CCc1cnccn1)C(=O)NC1CC(=O)N(c2ccccc2)C1. The molecule has 1 aromatic carbocycles. The number of para-hydroxylation sites is 1. The molecule has 2 aromatic rings. The van der Waals surface area contributed by atoms with Crippen molar-refractivity contribution in [2.45, 2.75) is 18.9 Å². The number of benzene rings is 1. The Hall–Kier alpha value is -2.96. The van der Waals surface area contributed by atoms with Gasteiger partial charge in [0, 0.05) is 57.3 Å². The highest BCUT2D eigenvalue weighted by atomic mass is 16.2. The fourth-order valence-corrected chi connectivity index (χ4v) is 2.79. The van der Waals surface area contributed by atoms with Crippen LogP contribution in [0.4, 0.5) is 10.5 Å². The van der Waals surface area contributed by atoms with E-state index in [1.165, 1.54) is 0 Å². The smallest absolute Gasteiger partial charge is 0.317 e. The van der Waals surface area contributed by atoms with Crippen molar-refractivity contribution in [3.05, 3.63) is 54.6 Å². The topological polar surface area (TPSA) is 78.4 Å². The zero-order valence-corrected chi connectivity index (χ0v) is 14.1. The van der Waals surface area contributed by atoms with Gasteiger partial charge in [0.2, 0.25) is 5.91 Å². The first kappa shape index (κ1) is 16.9. The van der Waals surface area contributed by atoms with Crippen molar-refractivity contribution in [3.8, 4) is 0 Å². The molecular formula is C18H21N5O2. The van der Waals surface area contributed by atoms with Crippen LogP contribution in [0.15, 0.2) is 48.9 Å². The van der Waals surface area contributed by atoms with Gasteiger partial charge in [-0.15, -0.1) is 0 Å². The van der Waals surface area contributed by atoms with Crippen LogP contribution in [0.2, 0.25) is 0 Å². The van der Waals surface area contributed by atoms with Crippen molar-refractivity contribution in [2.24, 2.45) is 0 Å². The molecule has 1 unspecified atom stereocenters. The molecule has 1 N–H and O–H groups in total. The van der Waals surface area contributed by atoms with E-state index in [1.54, 1.807) is 35.4 Å². The van der Waals surface area contributed by atoms with Crippen molar-refractivity contribution in [2.75, 3.05) is 25.0 Å². The molecule has 0 bridgehead atoms. The Morgan fingerprint density at radius 1 is 1.32 bits per heavy atom. The highest BCUT2D eigenvalue weighted by Gasteiger charge is 2.31. The molecular weight excluding hydrogens is 318 g/mol. The number of nitrogens with zero attached hydrogens (tertiary/aromatic N) is 4. The van der Waals surface area contributed by atoms with Gasteiger partial charge in [-0.2, -0.15) is 0 Å². The normalized spacial score (nSPS) is 16.8. The van der Waals surface area contributed by atoms with Crippen LogP contribution in [-0.2, 0) is 11.2 Å². The van der Waals surface area contributed by atoms with Gasteiger partial charge in [0.05, 0.1) is 11.7 Å². The number of nitrogens with one attached hydrogen (secondary N) is 1. The summed E-state index contributed by atoms with van der Waals surface area (Å²) in [4.78, 5) is 36.0. The molecule has 3 rings (SSSR count). The minimum Gasteiger partial charge on any atom is -0.333 e. The van der Waals surface area contributed by atoms with Crippen LogP contribution in [0, 0.1) is 0 Å². The molecule has 0 aliphatic carbocycles. The summed E-state index contributed by atoms with van der Waals surface area (Å²) in [5, 5.41) is 2.93. The van der Waals surface area contributed by atoms with Crippen molar-refractivity contribution >= 4 is 17.6 Å². The Balaban J connectivity index is 1.50. The zero-order chi connectivity index (χ0) is 17.6. The summed E-state index contributed by atoms with van der Waals surface area (Å²) in [5.74, 6) is 0.0266. The molecule has 1 fully saturated rings. The summed E-state index contributed by atoms with van der Waals surface area (Å²) in [6.07, 6.45) is 5.91. The van der Waals surface area contributed by atoms with E-state index in [0.717, 1.165) is 11.4 Å². The molecule has 1 aliphatic heterocycles. The van der Waals surface area contributed by atoms with E-state index in [2.05, 4.69) is 15.3 Å². The van der Waals surface area contributed by atoms with E-state index >= 15 is 0 Å². The number of rotatable bonds is 5. The predicted molar refractivity (Wildman–Crippen MR) is 94.1 cm³/mol. The number of aromatic nitrogens is 2. The van der Waals surface area contributed by atoms with Crippen LogP contribution in [-0.4, -0.2) is 53.0 Å². The lowest BCUT2D eigenvalue weighted by molar-refractivity contribution is -0.117. The molecule has 0 spiro atoms. The van der Waals surface area contributed by atoms with Crippen LogP contribution >= 0.6 is 0 Å².